The Hall–Kier alpha value is -1.39. The Bertz CT molecular complexity index is 245. The van der Waals surface area contributed by atoms with Gasteiger partial charge in [-0.25, -0.2) is 4.79 Å². The molecule has 0 saturated carbocycles. The van der Waals surface area contributed by atoms with Crippen molar-refractivity contribution in [2.24, 2.45) is 0 Å². The minimum atomic E-state index is -1.41. The van der Waals surface area contributed by atoms with E-state index in [0.717, 1.165) is 7.11 Å². The number of aliphatic hydroxyl groups is 2. The number of carbonyl (C=O) groups is 1. The number of hydrogen-bond donors (Lipinski definition) is 3. The molecule has 1 atom stereocenters. The lowest BCUT2D eigenvalue weighted by Gasteiger charge is -2.03. The van der Waals surface area contributed by atoms with Crippen molar-refractivity contribution in [1.29, 1.82) is 0 Å². The molecule has 0 amide bonds. The first kappa shape index (κ1) is 11.6. The highest BCUT2D eigenvalue weighted by atomic mass is 16.4. The fourth-order valence-electron chi connectivity index (χ4n) is 0.778. The molecule has 1 aromatic rings. The third kappa shape index (κ3) is 3.68. The monoisotopic (exact) mass is 184 g/mol. The van der Waals surface area contributed by atoms with E-state index in [1.165, 1.54) is 0 Å². The molecule has 1 rings (SSSR count). The van der Waals surface area contributed by atoms with Gasteiger partial charge < -0.3 is 15.3 Å². The van der Waals surface area contributed by atoms with Crippen LogP contribution in [0.2, 0.25) is 0 Å². The largest absolute Gasteiger partial charge is 0.479 e. The van der Waals surface area contributed by atoms with E-state index < -0.39 is 12.1 Å². The van der Waals surface area contributed by atoms with Crippen LogP contribution < -0.4 is 0 Å². The fraction of sp³-hybridized carbons (Fsp3) is 0.222. The zero-order valence-electron chi connectivity index (χ0n) is 7.21. The first-order valence-electron chi connectivity index (χ1n) is 3.62. The predicted molar refractivity (Wildman–Crippen MR) is 47.2 cm³/mol. The van der Waals surface area contributed by atoms with Gasteiger partial charge in [-0.2, -0.15) is 0 Å². The number of hydrogen-bond acceptors (Lipinski definition) is 3. The zero-order valence-corrected chi connectivity index (χ0v) is 7.21. The van der Waals surface area contributed by atoms with E-state index in [1.54, 1.807) is 30.3 Å². The number of benzene rings is 1. The van der Waals surface area contributed by atoms with Gasteiger partial charge in [-0.3, -0.25) is 0 Å². The topological polar surface area (TPSA) is 77.8 Å². The Morgan fingerprint density at radius 2 is 1.69 bits per heavy atom. The highest BCUT2D eigenvalue weighted by molar-refractivity contribution is 5.73. The van der Waals surface area contributed by atoms with Gasteiger partial charge in [0.2, 0.25) is 0 Å². The van der Waals surface area contributed by atoms with E-state index in [1.807, 2.05) is 0 Å². The Kier molecular flexibility index (Phi) is 5.50. The first-order chi connectivity index (χ1) is 6.22. The minimum absolute atomic E-state index is 0.403. The van der Waals surface area contributed by atoms with Crippen LogP contribution >= 0.6 is 0 Å². The fourth-order valence-corrected chi connectivity index (χ4v) is 0.778. The van der Waals surface area contributed by atoms with Crippen LogP contribution in [0.1, 0.15) is 11.7 Å². The van der Waals surface area contributed by atoms with Crippen LogP contribution in [0.3, 0.4) is 0 Å². The SMILES string of the molecule is CO.O=C(O)[C@H](O)c1ccccc1. The van der Waals surface area contributed by atoms with Crippen LogP contribution in [0.5, 0.6) is 0 Å². The normalized spacial score (nSPS) is 11.0. The summed E-state index contributed by atoms with van der Waals surface area (Å²) in [5.74, 6) is -1.23. The summed E-state index contributed by atoms with van der Waals surface area (Å²) in [6.45, 7) is 0. The molecule has 3 N–H and O–H groups in total. The Morgan fingerprint density at radius 1 is 1.23 bits per heavy atom. The van der Waals surface area contributed by atoms with E-state index in [4.69, 9.17) is 15.3 Å². The average Bonchev–Trinajstić information content (AvgIpc) is 2.21. The summed E-state index contributed by atoms with van der Waals surface area (Å²) >= 11 is 0. The van der Waals surface area contributed by atoms with Crippen molar-refractivity contribution in [3.05, 3.63) is 35.9 Å². The van der Waals surface area contributed by atoms with Crippen LogP contribution in [-0.4, -0.2) is 28.4 Å². The molecular weight excluding hydrogens is 172 g/mol. The quantitative estimate of drug-likeness (QED) is 0.622. The van der Waals surface area contributed by atoms with Gasteiger partial charge >= 0.3 is 5.97 Å². The van der Waals surface area contributed by atoms with Gasteiger partial charge in [0.05, 0.1) is 0 Å². The van der Waals surface area contributed by atoms with E-state index in [9.17, 15) is 4.79 Å². The molecule has 0 fully saturated rings. The van der Waals surface area contributed by atoms with Crippen LogP contribution in [0.15, 0.2) is 30.3 Å². The smallest absolute Gasteiger partial charge is 0.337 e. The van der Waals surface area contributed by atoms with Gasteiger partial charge in [0.1, 0.15) is 0 Å². The van der Waals surface area contributed by atoms with Gasteiger partial charge in [0, 0.05) is 7.11 Å². The number of rotatable bonds is 2. The molecule has 0 heterocycles. The molecular formula is C9H12O4. The van der Waals surface area contributed by atoms with Crippen LogP contribution in [0.4, 0.5) is 0 Å². The first-order valence-corrected chi connectivity index (χ1v) is 3.62. The molecule has 0 radical (unpaired) electrons. The Labute approximate surface area is 76.1 Å². The van der Waals surface area contributed by atoms with E-state index >= 15 is 0 Å². The summed E-state index contributed by atoms with van der Waals surface area (Å²) < 4.78 is 0. The minimum Gasteiger partial charge on any atom is -0.479 e. The number of aliphatic hydroxyl groups excluding tert-OH is 2. The molecule has 0 aliphatic rings. The zero-order chi connectivity index (χ0) is 10.3. The maximum Gasteiger partial charge on any atom is 0.337 e. The third-order valence-corrected chi connectivity index (χ3v) is 1.35. The average molecular weight is 184 g/mol. The number of carboxylic acids is 1. The lowest BCUT2D eigenvalue weighted by atomic mass is 10.1. The summed E-state index contributed by atoms with van der Waals surface area (Å²) in [6.07, 6.45) is -1.41. The van der Waals surface area contributed by atoms with Crippen molar-refractivity contribution >= 4 is 5.97 Å². The maximum atomic E-state index is 10.2. The third-order valence-electron chi connectivity index (χ3n) is 1.35. The molecule has 1 aromatic carbocycles. The predicted octanol–water partition coefficient (Wildman–Crippen LogP) is 0.413. The lowest BCUT2D eigenvalue weighted by Crippen LogP contribution is -2.09. The highest BCUT2D eigenvalue weighted by Crippen LogP contribution is 2.10. The second-order valence-electron chi connectivity index (χ2n) is 2.15. The molecule has 0 aliphatic heterocycles. The standard InChI is InChI=1S/C8H8O3.CH4O/c9-7(8(10)11)6-4-2-1-3-5-6;1-2/h1-5,7,9H,(H,10,11);2H,1H3/t7-;/m1./s1. The summed E-state index contributed by atoms with van der Waals surface area (Å²) in [4.78, 5) is 10.2. The van der Waals surface area contributed by atoms with E-state index in [0.29, 0.717) is 5.56 Å². The molecule has 0 aliphatic carbocycles. The van der Waals surface area contributed by atoms with Gasteiger partial charge in [0.15, 0.2) is 6.10 Å². The van der Waals surface area contributed by atoms with Crippen LogP contribution in [-0.2, 0) is 4.79 Å². The van der Waals surface area contributed by atoms with E-state index in [2.05, 4.69) is 0 Å². The van der Waals surface area contributed by atoms with Gasteiger partial charge in [-0.1, -0.05) is 30.3 Å². The van der Waals surface area contributed by atoms with Crippen molar-refractivity contribution in [1.82, 2.24) is 0 Å². The molecule has 0 bridgehead atoms. The maximum absolute atomic E-state index is 10.2. The highest BCUT2D eigenvalue weighted by Gasteiger charge is 2.14. The molecule has 4 nitrogen and oxygen atoms in total. The molecule has 0 spiro atoms. The molecule has 0 aromatic heterocycles. The van der Waals surface area contributed by atoms with Crippen molar-refractivity contribution in [3.63, 3.8) is 0 Å². The summed E-state index contributed by atoms with van der Waals surface area (Å²) in [7, 11) is 1.00. The van der Waals surface area contributed by atoms with Gasteiger partial charge in [0.25, 0.3) is 0 Å². The second-order valence-corrected chi connectivity index (χ2v) is 2.15. The number of carboxylic acid groups (broad SMARTS) is 1. The van der Waals surface area contributed by atoms with Crippen LogP contribution in [0.25, 0.3) is 0 Å². The molecule has 0 saturated heterocycles. The van der Waals surface area contributed by atoms with Crippen molar-refractivity contribution < 1.29 is 20.1 Å². The summed E-state index contributed by atoms with van der Waals surface area (Å²) in [6, 6.07) is 8.26. The Balaban J connectivity index is 0.000000671. The molecule has 13 heavy (non-hydrogen) atoms. The van der Waals surface area contributed by atoms with Gasteiger partial charge in [-0.15, -0.1) is 0 Å². The van der Waals surface area contributed by atoms with Gasteiger partial charge in [-0.05, 0) is 5.56 Å². The van der Waals surface area contributed by atoms with Crippen molar-refractivity contribution in [2.45, 2.75) is 6.10 Å². The van der Waals surface area contributed by atoms with Crippen LogP contribution in [0, 0.1) is 0 Å². The van der Waals surface area contributed by atoms with Crippen molar-refractivity contribution in [3.8, 4) is 0 Å². The molecule has 0 unspecified atom stereocenters. The molecule has 72 valence electrons. The number of aliphatic carboxylic acids is 1. The van der Waals surface area contributed by atoms with E-state index in [-0.39, 0.29) is 0 Å². The summed E-state index contributed by atoms with van der Waals surface area (Å²) in [5.41, 5.74) is 0.403. The lowest BCUT2D eigenvalue weighted by molar-refractivity contribution is -0.146. The summed E-state index contributed by atoms with van der Waals surface area (Å²) in [5, 5.41) is 24.4. The van der Waals surface area contributed by atoms with Crippen molar-refractivity contribution in [2.75, 3.05) is 7.11 Å². The second kappa shape index (κ2) is 6.16. The Morgan fingerprint density at radius 3 is 2.08 bits per heavy atom. The molecule has 4 heteroatoms.